The molecule has 0 amide bonds. The van der Waals surface area contributed by atoms with Gasteiger partial charge >= 0.3 is 11.9 Å². The number of allylic oxidation sites excluding steroid dienone is 4. The van der Waals surface area contributed by atoms with Gasteiger partial charge in [0.1, 0.15) is 0 Å². The molecule has 0 saturated carbocycles. The van der Waals surface area contributed by atoms with E-state index in [4.69, 9.17) is 9.47 Å². The lowest BCUT2D eigenvalue weighted by atomic mass is 9.81. The first-order chi connectivity index (χ1) is 10.2. The molecule has 0 aliphatic heterocycles. The Bertz CT molecular complexity index is 556. The Hall–Kier alpha value is -2.36. The van der Waals surface area contributed by atoms with Gasteiger partial charge in [0.05, 0.1) is 14.2 Å². The lowest BCUT2D eigenvalue weighted by molar-refractivity contribution is -0.160. The molecule has 0 spiro atoms. The van der Waals surface area contributed by atoms with E-state index in [2.05, 4.69) is 0 Å². The summed E-state index contributed by atoms with van der Waals surface area (Å²) in [7, 11) is 2.55. The molecule has 4 nitrogen and oxygen atoms in total. The van der Waals surface area contributed by atoms with Crippen molar-refractivity contribution in [2.75, 3.05) is 14.2 Å². The second kappa shape index (κ2) is 6.88. The molecule has 0 unspecified atom stereocenters. The molecule has 2 rings (SSSR count). The fraction of sp³-hybridized carbons (Fsp3) is 0.294. The summed E-state index contributed by atoms with van der Waals surface area (Å²) in [5, 5.41) is 0. The largest absolute Gasteiger partial charge is 0.468 e. The molecule has 4 heteroatoms. The maximum absolute atomic E-state index is 11.9. The molecule has 0 bridgehead atoms. The van der Waals surface area contributed by atoms with Crippen molar-refractivity contribution in [3.05, 3.63) is 54.1 Å². The highest BCUT2D eigenvalue weighted by atomic mass is 16.5. The van der Waals surface area contributed by atoms with Crippen molar-refractivity contribution in [1.29, 1.82) is 0 Å². The molecule has 1 aromatic carbocycles. The average molecular weight is 286 g/mol. The zero-order valence-corrected chi connectivity index (χ0v) is 12.1. The van der Waals surface area contributed by atoms with Crippen molar-refractivity contribution < 1.29 is 19.1 Å². The van der Waals surface area contributed by atoms with Gasteiger partial charge in [-0.25, -0.2) is 0 Å². The molecular formula is C17H18O4. The maximum Gasteiger partial charge on any atom is 0.320 e. The number of carbonyl (C=O) groups is 2. The Balaban J connectivity index is 2.22. The van der Waals surface area contributed by atoms with E-state index in [-0.39, 0.29) is 5.92 Å². The third kappa shape index (κ3) is 3.40. The number of benzene rings is 1. The van der Waals surface area contributed by atoms with Crippen molar-refractivity contribution in [3.8, 4) is 0 Å². The summed E-state index contributed by atoms with van der Waals surface area (Å²) in [6.07, 6.45) is 6.31. The first-order valence-corrected chi connectivity index (χ1v) is 6.75. The van der Waals surface area contributed by atoms with Crippen LogP contribution in [0.2, 0.25) is 0 Å². The topological polar surface area (TPSA) is 52.6 Å². The zero-order valence-electron chi connectivity index (χ0n) is 12.1. The first-order valence-electron chi connectivity index (χ1n) is 6.75. The average Bonchev–Trinajstić information content (AvgIpc) is 2.55. The normalized spacial score (nSPS) is 17.3. The van der Waals surface area contributed by atoms with Crippen molar-refractivity contribution in [3.63, 3.8) is 0 Å². The van der Waals surface area contributed by atoms with E-state index < -0.39 is 17.9 Å². The van der Waals surface area contributed by atoms with Gasteiger partial charge in [-0.15, -0.1) is 0 Å². The predicted octanol–water partition coefficient (Wildman–Crippen LogP) is 2.61. The van der Waals surface area contributed by atoms with Crippen LogP contribution in [0.1, 0.15) is 12.0 Å². The summed E-state index contributed by atoms with van der Waals surface area (Å²) in [6, 6.07) is 9.88. The molecule has 0 radical (unpaired) electrons. The van der Waals surface area contributed by atoms with Crippen molar-refractivity contribution in [2.45, 2.75) is 6.42 Å². The summed E-state index contributed by atoms with van der Waals surface area (Å²) >= 11 is 0. The number of esters is 2. The second-order valence-electron chi connectivity index (χ2n) is 4.83. The molecular weight excluding hydrogens is 268 g/mol. The summed E-state index contributed by atoms with van der Waals surface area (Å²) in [5.41, 5.74) is 2.17. The monoisotopic (exact) mass is 286 g/mol. The van der Waals surface area contributed by atoms with Crippen LogP contribution in [0, 0.1) is 11.8 Å². The van der Waals surface area contributed by atoms with E-state index >= 15 is 0 Å². The molecule has 0 N–H and O–H groups in total. The Kier molecular flexibility index (Phi) is 4.93. The van der Waals surface area contributed by atoms with Crippen molar-refractivity contribution in [1.82, 2.24) is 0 Å². The van der Waals surface area contributed by atoms with E-state index in [0.717, 1.165) is 11.1 Å². The fourth-order valence-electron chi connectivity index (χ4n) is 2.50. The van der Waals surface area contributed by atoms with Crippen LogP contribution in [0.15, 0.2) is 48.6 Å². The van der Waals surface area contributed by atoms with Crippen LogP contribution >= 0.6 is 0 Å². The Morgan fingerprint density at radius 3 is 2.29 bits per heavy atom. The van der Waals surface area contributed by atoms with E-state index in [1.54, 1.807) is 0 Å². The minimum absolute atomic E-state index is 0.259. The number of carbonyl (C=O) groups excluding carboxylic acids is 2. The van der Waals surface area contributed by atoms with Gasteiger partial charge in [0.15, 0.2) is 5.92 Å². The van der Waals surface area contributed by atoms with Gasteiger partial charge in [-0.3, -0.25) is 9.59 Å². The van der Waals surface area contributed by atoms with Gasteiger partial charge in [-0.2, -0.15) is 0 Å². The van der Waals surface area contributed by atoms with Gasteiger partial charge in [0.2, 0.25) is 0 Å². The van der Waals surface area contributed by atoms with E-state index in [0.29, 0.717) is 6.42 Å². The van der Waals surface area contributed by atoms with E-state index in [9.17, 15) is 9.59 Å². The lowest BCUT2D eigenvalue weighted by Crippen LogP contribution is -2.33. The molecule has 1 aliphatic carbocycles. The molecule has 0 fully saturated rings. The highest BCUT2D eigenvalue weighted by Gasteiger charge is 2.36. The van der Waals surface area contributed by atoms with Crippen LogP contribution in [0.25, 0.3) is 5.57 Å². The second-order valence-corrected chi connectivity index (χ2v) is 4.83. The standard InChI is InChI=1S/C17H18O4/c1-20-16(18)15(17(19)21-2)14-10-6-9-13(11-14)12-7-4-3-5-8-12/h3-10,14-15H,11H2,1-2H3/t14-/m0/s1. The Labute approximate surface area is 124 Å². The van der Waals surface area contributed by atoms with Crippen molar-refractivity contribution >= 4 is 17.5 Å². The van der Waals surface area contributed by atoms with Crippen LogP contribution in [0.4, 0.5) is 0 Å². The molecule has 1 atom stereocenters. The van der Waals surface area contributed by atoms with Gasteiger partial charge < -0.3 is 9.47 Å². The highest BCUT2D eigenvalue weighted by molar-refractivity contribution is 5.95. The maximum atomic E-state index is 11.9. The van der Waals surface area contributed by atoms with Gasteiger partial charge in [-0.1, -0.05) is 48.6 Å². The number of rotatable bonds is 4. The smallest absolute Gasteiger partial charge is 0.320 e. The van der Waals surface area contributed by atoms with Crippen LogP contribution < -0.4 is 0 Å². The van der Waals surface area contributed by atoms with Crippen molar-refractivity contribution in [2.24, 2.45) is 11.8 Å². The fourth-order valence-corrected chi connectivity index (χ4v) is 2.50. The molecule has 1 aliphatic rings. The lowest BCUT2D eigenvalue weighted by Gasteiger charge is -2.24. The minimum Gasteiger partial charge on any atom is -0.468 e. The summed E-state index contributed by atoms with van der Waals surface area (Å²) in [4.78, 5) is 23.8. The number of methoxy groups -OCH3 is 2. The van der Waals surface area contributed by atoms with Crippen LogP contribution in [-0.4, -0.2) is 26.2 Å². The Morgan fingerprint density at radius 1 is 1.10 bits per heavy atom. The summed E-state index contributed by atoms with van der Waals surface area (Å²) in [6.45, 7) is 0. The first kappa shape index (κ1) is 15.0. The van der Waals surface area contributed by atoms with Crippen LogP contribution in [0.3, 0.4) is 0 Å². The third-order valence-electron chi connectivity index (χ3n) is 3.59. The van der Waals surface area contributed by atoms with E-state index in [1.807, 2.05) is 48.6 Å². The van der Waals surface area contributed by atoms with Crippen LogP contribution in [-0.2, 0) is 19.1 Å². The number of hydrogen-bond acceptors (Lipinski definition) is 4. The SMILES string of the molecule is COC(=O)C(C(=O)OC)[C@H]1C=CC=C(c2ccccc2)C1. The number of hydrogen-bond donors (Lipinski definition) is 0. The third-order valence-corrected chi connectivity index (χ3v) is 3.59. The van der Waals surface area contributed by atoms with Crippen LogP contribution in [0.5, 0.6) is 0 Å². The van der Waals surface area contributed by atoms with Gasteiger partial charge in [-0.05, 0) is 17.6 Å². The summed E-state index contributed by atoms with van der Waals surface area (Å²) in [5.74, 6) is -2.31. The molecule has 0 saturated heterocycles. The number of ether oxygens (including phenoxy) is 2. The molecule has 110 valence electrons. The molecule has 0 heterocycles. The van der Waals surface area contributed by atoms with E-state index in [1.165, 1.54) is 14.2 Å². The quantitative estimate of drug-likeness (QED) is 0.630. The van der Waals surface area contributed by atoms with Gasteiger partial charge in [0.25, 0.3) is 0 Å². The Morgan fingerprint density at radius 2 is 1.71 bits per heavy atom. The molecule has 0 aromatic heterocycles. The van der Waals surface area contributed by atoms with Gasteiger partial charge in [0, 0.05) is 5.92 Å². The molecule has 1 aromatic rings. The highest BCUT2D eigenvalue weighted by Crippen LogP contribution is 2.32. The summed E-state index contributed by atoms with van der Waals surface area (Å²) < 4.78 is 9.47. The molecule has 21 heavy (non-hydrogen) atoms. The minimum atomic E-state index is -0.927. The predicted molar refractivity (Wildman–Crippen MR) is 79.2 cm³/mol. The zero-order chi connectivity index (χ0) is 15.2.